The summed E-state index contributed by atoms with van der Waals surface area (Å²) in [4.78, 5) is 17.3. The molecule has 4 nitrogen and oxygen atoms in total. The summed E-state index contributed by atoms with van der Waals surface area (Å²) < 4.78 is 0. The van der Waals surface area contributed by atoms with E-state index in [1.807, 2.05) is 23.8 Å². The average molecular weight is 344 g/mol. The van der Waals surface area contributed by atoms with Gasteiger partial charge in [0, 0.05) is 28.3 Å². The van der Waals surface area contributed by atoms with E-state index in [-0.39, 0.29) is 24.4 Å². The first-order chi connectivity index (χ1) is 9.58. The zero-order valence-corrected chi connectivity index (χ0v) is 14.3. The first kappa shape index (κ1) is 18.0. The fraction of sp³-hybridized carbons (Fsp3) is 0.286. The number of hydrogen-bond donors (Lipinski definition) is 2. The van der Waals surface area contributed by atoms with Crippen LogP contribution < -0.4 is 11.1 Å². The molecule has 2 rings (SSSR count). The maximum atomic E-state index is 11.6. The number of anilines is 1. The number of nitrogens with one attached hydrogen (secondary N) is 1. The van der Waals surface area contributed by atoms with Crippen molar-refractivity contribution in [3.05, 3.63) is 29.6 Å². The maximum absolute atomic E-state index is 11.6. The molecular formula is C14H18ClN3OS2. The third-order valence-electron chi connectivity index (χ3n) is 2.64. The molecule has 0 aliphatic carbocycles. The SMILES string of the molecule is CSc1ccc(-c2csc(NC(=O)CC(C)N)n2)cc1.Cl. The van der Waals surface area contributed by atoms with Gasteiger partial charge in [-0.1, -0.05) is 12.1 Å². The van der Waals surface area contributed by atoms with E-state index in [1.54, 1.807) is 18.7 Å². The van der Waals surface area contributed by atoms with Crippen LogP contribution in [0.3, 0.4) is 0 Å². The van der Waals surface area contributed by atoms with Gasteiger partial charge in [-0.3, -0.25) is 4.79 Å². The molecule has 2 aromatic rings. The van der Waals surface area contributed by atoms with Crippen molar-refractivity contribution in [2.75, 3.05) is 11.6 Å². The molecule has 1 aromatic heterocycles. The van der Waals surface area contributed by atoms with Crippen LogP contribution in [0.1, 0.15) is 13.3 Å². The zero-order chi connectivity index (χ0) is 14.5. The zero-order valence-electron chi connectivity index (χ0n) is 11.8. The van der Waals surface area contributed by atoms with Gasteiger partial charge < -0.3 is 11.1 Å². The van der Waals surface area contributed by atoms with E-state index in [0.717, 1.165) is 11.3 Å². The first-order valence-electron chi connectivity index (χ1n) is 6.24. The third-order valence-corrected chi connectivity index (χ3v) is 4.14. The summed E-state index contributed by atoms with van der Waals surface area (Å²) in [5.74, 6) is -0.0985. The topological polar surface area (TPSA) is 68.0 Å². The Morgan fingerprint density at radius 1 is 1.43 bits per heavy atom. The second kappa shape index (κ2) is 8.38. The summed E-state index contributed by atoms with van der Waals surface area (Å²) in [6.07, 6.45) is 2.35. The molecule has 1 aromatic carbocycles. The normalized spacial score (nSPS) is 11.6. The molecule has 0 radical (unpaired) electrons. The van der Waals surface area contributed by atoms with Crippen LogP contribution in [0.2, 0.25) is 0 Å². The lowest BCUT2D eigenvalue weighted by molar-refractivity contribution is -0.116. The maximum Gasteiger partial charge on any atom is 0.227 e. The van der Waals surface area contributed by atoms with E-state index in [2.05, 4.69) is 22.4 Å². The molecule has 0 fully saturated rings. The van der Waals surface area contributed by atoms with Crippen molar-refractivity contribution < 1.29 is 4.79 Å². The highest BCUT2D eigenvalue weighted by Crippen LogP contribution is 2.26. The largest absolute Gasteiger partial charge is 0.327 e. The molecule has 1 heterocycles. The van der Waals surface area contributed by atoms with E-state index in [1.165, 1.54) is 16.2 Å². The van der Waals surface area contributed by atoms with Gasteiger partial charge in [-0.2, -0.15) is 0 Å². The summed E-state index contributed by atoms with van der Waals surface area (Å²) in [5, 5.41) is 5.32. The van der Waals surface area contributed by atoms with Gasteiger partial charge in [-0.25, -0.2) is 4.98 Å². The van der Waals surface area contributed by atoms with Gasteiger partial charge in [-0.15, -0.1) is 35.5 Å². The molecule has 0 saturated heterocycles. The van der Waals surface area contributed by atoms with Crippen molar-refractivity contribution in [3.63, 3.8) is 0 Å². The Morgan fingerprint density at radius 3 is 2.67 bits per heavy atom. The number of nitrogens with zero attached hydrogens (tertiary/aromatic N) is 1. The highest BCUT2D eigenvalue weighted by Gasteiger charge is 2.09. The van der Waals surface area contributed by atoms with Crippen molar-refractivity contribution in [1.82, 2.24) is 4.98 Å². The van der Waals surface area contributed by atoms with Gasteiger partial charge in [0.2, 0.25) is 5.91 Å². The number of thioether (sulfide) groups is 1. The minimum Gasteiger partial charge on any atom is -0.327 e. The number of halogens is 1. The standard InChI is InChI=1S/C14H17N3OS2.ClH/c1-9(15)7-13(18)17-14-16-12(8-20-14)10-3-5-11(19-2)6-4-10;/h3-6,8-9H,7,15H2,1-2H3,(H,16,17,18);1H. The van der Waals surface area contributed by atoms with Crippen molar-refractivity contribution in [2.45, 2.75) is 24.3 Å². The minimum atomic E-state index is -0.145. The second-order valence-corrected chi connectivity index (χ2v) is 6.23. The minimum absolute atomic E-state index is 0. The molecule has 1 amide bonds. The van der Waals surface area contributed by atoms with Crippen LogP contribution in [0.15, 0.2) is 34.5 Å². The van der Waals surface area contributed by atoms with Gasteiger partial charge in [0.05, 0.1) is 5.69 Å². The first-order valence-corrected chi connectivity index (χ1v) is 8.34. The van der Waals surface area contributed by atoms with Crippen LogP contribution in [0, 0.1) is 0 Å². The van der Waals surface area contributed by atoms with Gasteiger partial charge in [-0.05, 0) is 25.3 Å². The fourth-order valence-electron chi connectivity index (χ4n) is 1.69. The Kier molecular flexibility index (Phi) is 7.17. The average Bonchev–Trinajstić information content (AvgIpc) is 2.86. The van der Waals surface area contributed by atoms with E-state index in [0.29, 0.717) is 11.6 Å². The molecule has 0 aliphatic heterocycles. The summed E-state index contributed by atoms with van der Waals surface area (Å²) >= 11 is 3.13. The van der Waals surface area contributed by atoms with Gasteiger partial charge in [0.25, 0.3) is 0 Å². The Labute approximate surface area is 139 Å². The number of carbonyl (C=O) groups is 1. The predicted molar refractivity (Wildman–Crippen MR) is 93.5 cm³/mol. The molecule has 0 spiro atoms. The van der Waals surface area contributed by atoms with Crippen LogP contribution in [-0.2, 0) is 4.79 Å². The quantitative estimate of drug-likeness (QED) is 0.813. The smallest absolute Gasteiger partial charge is 0.227 e. The molecule has 0 saturated carbocycles. The summed E-state index contributed by atoms with van der Waals surface area (Å²) in [6, 6.07) is 8.05. The Morgan fingerprint density at radius 2 is 2.10 bits per heavy atom. The van der Waals surface area contributed by atoms with Crippen LogP contribution in [0.25, 0.3) is 11.3 Å². The number of thiazole rings is 1. The van der Waals surface area contributed by atoms with Gasteiger partial charge >= 0.3 is 0 Å². The summed E-state index contributed by atoms with van der Waals surface area (Å²) in [7, 11) is 0. The van der Waals surface area contributed by atoms with Crippen molar-refractivity contribution in [1.29, 1.82) is 0 Å². The highest BCUT2D eigenvalue weighted by molar-refractivity contribution is 7.98. The summed E-state index contributed by atoms with van der Waals surface area (Å²) in [6.45, 7) is 1.81. The predicted octanol–water partition coefficient (Wildman–Crippen LogP) is 3.63. The molecule has 7 heteroatoms. The number of hydrogen-bond acceptors (Lipinski definition) is 5. The second-order valence-electron chi connectivity index (χ2n) is 4.50. The van der Waals surface area contributed by atoms with Crippen molar-refractivity contribution in [2.24, 2.45) is 5.73 Å². The Balaban J connectivity index is 0.00000220. The molecule has 0 aliphatic rings. The molecular weight excluding hydrogens is 326 g/mol. The lowest BCUT2D eigenvalue weighted by atomic mass is 10.2. The van der Waals surface area contributed by atoms with E-state index >= 15 is 0 Å². The van der Waals surface area contributed by atoms with E-state index in [9.17, 15) is 4.79 Å². The highest BCUT2D eigenvalue weighted by atomic mass is 35.5. The van der Waals surface area contributed by atoms with Crippen molar-refractivity contribution in [3.8, 4) is 11.3 Å². The molecule has 114 valence electrons. The third kappa shape index (κ3) is 5.32. The molecule has 1 unspecified atom stereocenters. The van der Waals surface area contributed by atoms with Crippen LogP contribution in [0.5, 0.6) is 0 Å². The van der Waals surface area contributed by atoms with E-state index in [4.69, 9.17) is 5.73 Å². The Hall–Kier alpha value is -1.08. The van der Waals surface area contributed by atoms with E-state index < -0.39 is 0 Å². The molecule has 21 heavy (non-hydrogen) atoms. The summed E-state index contributed by atoms with van der Waals surface area (Å²) in [5.41, 5.74) is 7.51. The van der Waals surface area contributed by atoms with Gasteiger partial charge in [0.1, 0.15) is 0 Å². The number of aromatic nitrogens is 1. The fourth-order valence-corrected chi connectivity index (χ4v) is 2.83. The lowest BCUT2D eigenvalue weighted by Gasteiger charge is -2.04. The van der Waals surface area contributed by atoms with Crippen molar-refractivity contribution >= 4 is 46.5 Å². The molecule has 3 N–H and O–H groups in total. The number of amides is 1. The monoisotopic (exact) mass is 343 g/mol. The van der Waals surface area contributed by atoms with Crippen LogP contribution in [-0.4, -0.2) is 23.2 Å². The number of rotatable bonds is 5. The van der Waals surface area contributed by atoms with Crippen LogP contribution >= 0.6 is 35.5 Å². The van der Waals surface area contributed by atoms with Gasteiger partial charge in [0.15, 0.2) is 5.13 Å². The molecule has 0 bridgehead atoms. The van der Waals surface area contributed by atoms with Crippen LogP contribution in [0.4, 0.5) is 5.13 Å². The Bertz CT molecular complexity index is 584. The molecule has 1 atom stereocenters. The number of nitrogens with two attached hydrogens (primary N) is 1. The number of carbonyl (C=O) groups excluding carboxylic acids is 1. The lowest BCUT2D eigenvalue weighted by Crippen LogP contribution is -2.23. The number of benzene rings is 1.